The molecule has 1 aliphatic carbocycles. The normalized spacial score (nSPS) is 19.5. The fourth-order valence-corrected chi connectivity index (χ4v) is 5.08. The molecule has 0 saturated carbocycles. The molecule has 4 rings (SSSR count). The van der Waals surface area contributed by atoms with Crippen molar-refractivity contribution in [1.29, 1.82) is 0 Å². The molecule has 30 heavy (non-hydrogen) atoms. The number of carboxylic acid groups (broad SMARTS) is 1. The molecule has 1 fully saturated rings. The molecule has 5 heteroatoms. The second-order valence-corrected chi connectivity index (χ2v) is 8.96. The zero-order chi connectivity index (χ0) is 21.3. The van der Waals surface area contributed by atoms with E-state index in [4.69, 9.17) is 4.74 Å². The predicted octanol–water partition coefficient (Wildman–Crippen LogP) is 2.88. The maximum absolute atomic E-state index is 11.2. The van der Waals surface area contributed by atoms with Crippen molar-refractivity contribution in [3.63, 3.8) is 0 Å². The van der Waals surface area contributed by atoms with Gasteiger partial charge in [-0.1, -0.05) is 53.6 Å². The summed E-state index contributed by atoms with van der Waals surface area (Å²) < 4.78 is 6.50. The van der Waals surface area contributed by atoms with Gasteiger partial charge in [-0.15, -0.1) is 0 Å². The predicted molar refractivity (Wildman–Crippen MR) is 115 cm³/mol. The number of aryl methyl sites for hydroxylation is 2. The van der Waals surface area contributed by atoms with Gasteiger partial charge in [-0.05, 0) is 50.3 Å². The van der Waals surface area contributed by atoms with Crippen molar-refractivity contribution in [3.05, 3.63) is 70.3 Å². The molecule has 0 aromatic heterocycles. The fraction of sp³-hybridized carbons (Fsp3) is 0.480. The van der Waals surface area contributed by atoms with Crippen LogP contribution in [0.3, 0.4) is 0 Å². The van der Waals surface area contributed by atoms with Crippen LogP contribution >= 0.6 is 0 Å². The highest BCUT2D eigenvalue weighted by atomic mass is 16.5. The van der Waals surface area contributed by atoms with Gasteiger partial charge in [-0.3, -0.25) is 4.90 Å². The molecular formula is C25H31N2O3-. The van der Waals surface area contributed by atoms with Gasteiger partial charge in [-0.2, -0.15) is 0 Å². The van der Waals surface area contributed by atoms with E-state index in [1.54, 1.807) is 0 Å². The van der Waals surface area contributed by atoms with E-state index in [9.17, 15) is 9.90 Å². The Morgan fingerprint density at radius 3 is 2.13 bits per heavy atom. The van der Waals surface area contributed by atoms with Gasteiger partial charge in [0.25, 0.3) is 0 Å². The molecule has 0 radical (unpaired) electrons. The van der Waals surface area contributed by atoms with Gasteiger partial charge in [0.1, 0.15) is 6.09 Å². The summed E-state index contributed by atoms with van der Waals surface area (Å²) in [6.45, 7) is 9.40. The molecule has 1 saturated heterocycles. The molecule has 0 N–H and O–H groups in total. The molecule has 2 aromatic carbocycles. The smallest absolute Gasteiger partial charge is 0.137 e. The van der Waals surface area contributed by atoms with Crippen molar-refractivity contribution in [2.45, 2.75) is 45.3 Å². The van der Waals surface area contributed by atoms with Crippen molar-refractivity contribution < 1.29 is 14.6 Å². The summed E-state index contributed by atoms with van der Waals surface area (Å²) in [5.74, 6) is 0. The van der Waals surface area contributed by atoms with Gasteiger partial charge < -0.3 is 19.5 Å². The number of benzene rings is 2. The third-order valence-corrected chi connectivity index (χ3v) is 6.68. The summed E-state index contributed by atoms with van der Waals surface area (Å²) in [7, 11) is 0. The van der Waals surface area contributed by atoms with Gasteiger partial charge in [0, 0.05) is 26.2 Å². The van der Waals surface area contributed by atoms with E-state index in [1.165, 1.54) is 32.7 Å². The Bertz CT molecular complexity index is 873. The zero-order valence-corrected chi connectivity index (χ0v) is 18.2. The highest BCUT2D eigenvalue weighted by Gasteiger charge is 2.43. The maximum Gasteiger partial charge on any atom is 0.137 e. The zero-order valence-electron chi connectivity index (χ0n) is 18.2. The van der Waals surface area contributed by atoms with Gasteiger partial charge in [0.2, 0.25) is 0 Å². The molecule has 1 aliphatic heterocycles. The molecule has 1 unspecified atom stereocenters. The lowest BCUT2D eigenvalue weighted by Gasteiger charge is -2.46. The van der Waals surface area contributed by atoms with E-state index in [1.807, 2.05) is 0 Å². The fourth-order valence-electron chi connectivity index (χ4n) is 5.08. The summed E-state index contributed by atoms with van der Waals surface area (Å²) in [4.78, 5) is 15.1. The van der Waals surface area contributed by atoms with E-state index in [0.717, 1.165) is 12.8 Å². The number of hydrogen-bond donors (Lipinski definition) is 0. The van der Waals surface area contributed by atoms with Crippen LogP contribution in [-0.2, 0) is 17.6 Å². The van der Waals surface area contributed by atoms with Crippen molar-refractivity contribution in [3.8, 4) is 0 Å². The van der Waals surface area contributed by atoms with E-state index in [2.05, 4.69) is 68.1 Å². The minimum Gasteiger partial charge on any atom is -0.530 e. The van der Waals surface area contributed by atoms with Gasteiger partial charge in [-0.25, -0.2) is 0 Å². The standard InChI is InChI=1S/C25H32N2O3/c1-18-12-19(2)14-23(13-18)20(3)30-17-25(15-21-6-4-5-7-22(21)16-25)27-10-8-26(9-11-27)24(28)29/h4-7,12-14,20H,8-11,15-17H2,1-3H3,(H,28,29)/p-1. The minimum atomic E-state index is -1.07. The van der Waals surface area contributed by atoms with Crippen LogP contribution in [0.25, 0.3) is 0 Å². The van der Waals surface area contributed by atoms with Crippen LogP contribution in [0.15, 0.2) is 42.5 Å². The quantitative estimate of drug-likeness (QED) is 0.765. The Labute approximate surface area is 179 Å². The number of nitrogens with zero attached hydrogens (tertiary/aromatic N) is 2. The molecule has 2 aromatic rings. The highest BCUT2D eigenvalue weighted by Crippen LogP contribution is 2.37. The van der Waals surface area contributed by atoms with Crippen LogP contribution in [0.5, 0.6) is 0 Å². The number of hydrogen-bond acceptors (Lipinski definition) is 4. The number of fused-ring (bicyclic) bond motifs is 1. The molecule has 5 nitrogen and oxygen atoms in total. The SMILES string of the molecule is Cc1cc(C)cc(C(C)OCC2(N3CCN(C(=O)[O-])CC3)Cc3ccccc3C2)c1. The second-order valence-electron chi connectivity index (χ2n) is 8.96. The van der Waals surface area contributed by atoms with Crippen molar-refractivity contribution >= 4 is 6.09 Å². The van der Waals surface area contributed by atoms with Crippen LogP contribution < -0.4 is 5.11 Å². The lowest BCUT2D eigenvalue weighted by molar-refractivity contribution is -0.267. The minimum absolute atomic E-state index is 0.00805. The largest absolute Gasteiger partial charge is 0.530 e. The number of rotatable bonds is 5. The third kappa shape index (κ3) is 4.23. The number of amides is 1. The first-order valence-electron chi connectivity index (χ1n) is 10.8. The highest BCUT2D eigenvalue weighted by molar-refractivity contribution is 5.62. The Hall–Kier alpha value is -2.37. The van der Waals surface area contributed by atoms with Crippen molar-refractivity contribution in [2.24, 2.45) is 0 Å². The molecule has 1 heterocycles. The number of carbonyl (C=O) groups is 1. The summed E-state index contributed by atoms with van der Waals surface area (Å²) in [6, 6.07) is 15.2. The molecule has 0 bridgehead atoms. The first-order chi connectivity index (χ1) is 14.4. The number of ether oxygens (including phenoxy) is 1. The van der Waals surface area contributed by atoms with E-state index >= 15 is 0 Å². The summed E-state index contributed by atoms with van der Waals surface area (Å²) >= 11 is 0. The average molecular weight is 408 g/mol. The summed E-state index contributed by atoms with van der Waals surface area (Å²) in [6.07, 6.45) is 0.814. The second kappa shape index (κ2) is 8.40. The molecule has 160 valence electrons. The van der Waals surface area contributed by atoms with Gasteiger partial charge in [0.15, 0.2) is 0 Å². The first kappa shape index (κ1) is 20.9. The molecule has 2 aliphatic rings. The Balaban J connectivity index is 1.52. The van der Waals surface area contributed by atoms with E-state index in [0.29, 0.717) is 32.8 Å². The van der Waals surface area contributed by atoms with Crippen LogP contribution in [0, 0.1) is 13.8 Å². The van der Waals surface area contributed by atoms with Crippen LogP contribution in [-0.4, -0.2) is 54.2 Å². The Morgan fingerprint density at radius 1 is 1.03 bits per heavy atom. The number of carbonyl (C=O) groups excluding carboxylic acids is 1. The van der Waals surface area contributed by atoms with Crippen molar-refractivity contribution in [1.82, 2.24) is 9.80 Å². The lowest BCUT2D eigenvalue weighted by atomic mass is 9.93. The average Bonchev–Trinajstić information content (AvgIpc) is 3.11. The summed E-state index contributed by atoms with van der Waals surface area (Å²) in [5, 5.41) is 11.2. The van der Waals surface area contributed by atoms with E-state index < -0.39 is 6.09 Å². The summed E-state index contributed by atoms with van der Waals surface area (Å²) in [5.41, 5.74) is 6.34. The molecular weight excluding hydrogens is 376 g/mol. The molecule has 1 atom stereocenters. The monoisotopic (exact) mass is 407 g/mol. The Kier molecular flexibility index (Phi) is 5.85. The topological polar surface area (TPSA) is 55.8 Å². The number of piperazine rings is 1. The van der Waals surface area contributed by atoms with Crippen molar-refractivity contribution in [2.75, 3.05) is 32.8 Å². The van der Waals surface area contributed by atoms with Crippen LogP contribution in [0.1, 0.15) is 40.8 Å². The Morgan fingerprint density at radius 2 is 1.60 bits per heavy atom. The van der Waals surface area contributed by atoms with Gasteiger partial charge in [0.05, 0.1) is 18.2 Å². The molecule has 0 spiro atoms. The van der Waals surface area contributed by atoms with Crippen LogP contribution in [0.2, 0.25) is 0 Å². The van der Waals surface area contributed by atoms with E-state index in [-0.39, 0.29) is 11.6 Å². The van der Waals surface area contributed by atoms with Gasteiger partial charge >= 0.3 is 0 Å². The van der Waals surface area contributed by atoms with Crippen LogP contribution in [0.4, 0.5) is 4.79 Å². The third-order valence-electron chi connectivity index (χ3n) is 6.68. The molecule has 1 amide bonds. The maximum atomic E-state index is 11.2. The first-order valence-corrected chi connectivity index (χ1v) is 10.8. The lowest BCUT2D eigenvalue weighted by Crippen LogP contribution is -2.61.